The molecule has 0 aromatic heterocycles. The van der Waals surface area contributed by atoms with Gasteiger partial charge in [0.1, 0.15) is 24.4 Å². The summed E-state index contributed by atoms with van der Waals surface area (Å²) in [5.41, 5.74) is 0. The number of hydrogen-bond donors (Lipinski definition) is 6. The van der Waals surface area contributed by atoms with E-state index in [1.165, 1.54) is 0 Å². The lowest BCUT2D eigenvalue weighted by Crippen LogP contribution is -2.67. The van der Waals surface area contributed by atoms with Gasteiger partial charge in [-0.05, 0) is 6.92 Å². The number of urea groups is 1. The predicted octanol–water partition coefficient (Wildman–Crippen LogP) is -3.18. The zero-order chi connectivity index (χ0) is 15.7. The first kappa shape index (κ1) is 16.7. The molecule has 0 bridgehead atoms. The minimum atomic E-state index is -2.25. The molecule has 20 heavy (non-hydrogen) atoms. The average Bonchev–Trinajstić information content (AvgIpc) is 2.39. The molecule has 0 radical (unpaired) electrons. The van der Waals surface area contributed by atoms with Gasteiger partial charge in [-0.3, -0.25) is 0 Å². The monoisotopic (exact) mass is 295 g/mol. The molecule has 1 heterocycles. The maximum Gasteiger partial charge on any atom is 0.342 e. The molecule has 0 aliphatic carbocycles. The smallest absolute Gasteiger partial charge is 0.342 e. The minimum Gasteiger partial charge on any atom is -0.387 e. The fourth-order valence-electron chi connectivity index (χ4n) is 1.70. The summed E-state index contributed by atoms with van der Waals surface area (Å²) in [6.07, 6.45) is -8.90. The summed E-state index contributed by atoms with van der Waals surface area (Å²) in [5, 5.41) is 52.6. The van der Waals surface area contributed by atoms with Gasteiger partial charge in [-0.25, -0.2) is 4.79 Å². The Kier molecular flexibility index (Phi) is 4.96. The van der Waals surface area contributed by atoms with Crippen LogP contribution in [-0.2, 0) is 4.74 Å². The molecule has 1 rings (SSSR count). The third-order valence-electron chi connectivity index (χ3n) is 2.93. The van der Waals surface area contributed by atoms with Crippen molar-refractivity contribution in [2.75, 3.05) is 7.05 Å². The van der Waals surface area contributed by atoms with Gasteiger partial charge >= 0.3 is 6.03 Å². The second kappa shape index (κ2) is 5.95. The number of amides is 2. The first-order valence-corrected chi connectivity index (χ1v) is 5.61. The quantitative estimate of drug-likeness (QED) is 0.179. The Labute approximate surface area is 113 Å². The molecule has 11 nitrogen and oxygen atoms in total. The highest BCUT2D eigenvalue weighted by Crippen LogP contribution is 2.28. The molecule has 1 aliphatic heterocycles. The number of carbonyl (C=O) groups excluding carboxylic acids is 1. The van der Waals surface area contributed by atoms with E-state index in [2.05, 4.69) is 5.29 Å². The standard InChI is InChI=1S/C9H17N3O8/c1-9(18)6(15)4(14)3(13)5(20-9)7(16)10-8(17)12(2)11-19/h3-7,13-16,18H,1-2H3,(H,10,17)/t3-,4-,5-,6+,7?,9-/m0/s1. The number of nitrogens with one attached hydrogen (secondary N) is 1. The third kappa shape index (κ3) is 3.20. The molecule has 1 fully saturated rings. The van der Waals surface area contributed by atoms with Crippen molar-refractivity contribution >= 4 is 6.03 Å². The molecule has 0 spiro atoms. The second-order valence-electron chi connectivity index (χ2n) is 4.56. The van der Waals surface area contributed by atoms with E-state index >= 15 is 0 Å². The largest absolute Gasteiger partial charge is 0.387 e. The van der Waals surface area contributed by atoms with Gasteiger partial charge in [0.15, 0.2) is 12.0 Å². The summed E-state index contributed by atoms with van der Waals surface area (Å²) in [4.78, 5) is 21.4. The summed E-state index contributed by atoms with van der Waals surface area (Å²) in [6, 6.07) is -1.09. The Bertz CT molecular complexity index is 378. The first-order valence-electron chi connectivity index (χ1n) is 5.61. The van der Waals surface area contributed by atoms with Crippen LogP contribution in [0, 0.1) is 4.91 Å². The molecule has 1 unspecified atom stereocenters. The van der Waals surface area contributed by atoms with Gasteiger partial charge in [0.25, 0.3) is 0 Å². The van der Waals surface area contributed by atoms with E-state index in [1.807, 2.05) is 5.32 Å². The van der Waals surface area contributed by atoms with E-state index in [1.54, 1.807) is 0 Å². The summed E-state index contributed by atoms with van der Waals surface area (Å²) in [6.45, 7) is 1.01. The highest BCUT2D eigenvalue weighted by molar-refractivity contribution is 5.73. The molecular weight excluding hydrogens is 278 g/mol. The third-order valence-corrected chi connectivity index (χ3v) is 2.93. The van der Waals surface area contributed by atoms with Crippen LogP contribution in [0.15, 0.2) is 5.29 Å². The zero-order valence-corrected chi connectivity index (χ0v) is 10.7. The number of aliphatic hydroxyl groups is 5. The van der Waals surface area contributed by atoms with Crippen molar-refractivity contribution in [1.29, 1.82) is 0 Å². The van der Waals surface area contributed by atoms with E-state index in [0.717, 1.165) is 14.0 Å². The molecule has 1 aliphatic rings. The highest BCUT2D eigenvalue weighted by Gasteiger charge is 2.52. The van der Waals surface area contributed by atoms with Crippen LogP contribution >= 0.6 is 0 Å². The average molecular weight is 295 g/mol. The van der Waals surface area contributed by atoms with Gasteiger partial charge in [-0.2, -0.15) is 5.01 Å². The predicted molar refractivity (Wildman–Crippen MR) is 61.6 cm³/mol. The Morgan fingerprint density at radius 3 is 2.45 bits per heavy atom. The lowest BCUT2D eigenvalue weighted by molar-refractivity contribution is -0.350. The van der Waals surface area contributed by atoms with Crippen LogP contribution in [0.1, 0.15) is 6.92 Å². The van der Waals surface area contributed by atoms with Crippen LogP contribution in [-0.4, -0.2) is 80.1 Å². The van der Waals surface area contributed by atoms with Crippen molar-refractivity contribution in [3.05, 3.63) is 4.91 Å². The Hall–Kier alpha value is -1.37. The van der Waals surface area contributed by atoms with Crippen molar-refractivity contribution in [3.63, 3.8) is 0 Å². The van der Waals surface area contributed by atoms with Crippen LogP contribution in [0.5, 0.6) is 0 Å². The molecule has 6 atom stereocenters. The van der Waals surface area contributed by atoms with E-state index in [9.17, 15) is 35.2 Å². The van der Waals surface area contributed by atoms with Gasteiger partial charge in [-0.15, -0.1) is 4.91 Å². The van der Waals surface area contributed by atoms with Crippen molar-refractivity contribution in [2.45, 2.75) is 43.4 Å². The van der Waals surface area contributed by atoms with Crippen LogP contribution in [0.25, 0.3) is 0 Å². The van der Waals surface area contributed by atoms with Gasteiger partial charge in [0, 0.05) is 7.05 Å². The maximum absolute atomic E-state index is 11.3. The topological polar surface area (TPSA) is 172 Å². The summed E-state index contributed by atoms with van der Waals surface area (Å²) < 4.78 is 4.85. The van der Waals surface area contributed by atoms with Crippen LogP contribution in [0.2, 0.25) is 0 Å². The minimum absolute atomic E-state index is 0.335. The zero-order valence-electron chi connectivity index (χ0n) is 10.7. The highest BCUT2D eigenvalue weighted by atomic mass is 16.7. The molecule has 0 aromatic rings. The van der Waals surface area contributed by atoms with E-state index in [-0.39, 0.29) is 0 Å². The second-order valence-corrected chi connectivity index (χ2v) is 4.56. The maximum atomic E-state index is 11.3. The van der Waals surface area contributed by atoms with Crippen molar-refractivity contribution in [3.8, 4) is 0 Å². The number of aliphatic hydroxyl groups excluding tert-OH is 4. The van der Waals surface area contributed by atoms with Crippen LogP contribution < -0.4 is 5.32 Å². The van der Waals surface area contributed by atoms with E-state index in [4.69, 9.17) is 4.74 Å². The van der Waals surface area contributed by atoms with Crippen LogP contribution in [0.3, 0.4) is 0 Å². The molecule has 0 aromatic carbocycles. The SMILES string of the molecule is CN(N=O)C(=O)NC(O)[C@H]1O[C@](C)(O)[C@H](O)[C@@H](O)[C@@H]1O. The lowest BCUT2D eigenvalue weighted by Gasteiger charge is -2.45. The molecule has 116 valence electrons. The summed E-state index contributed by atoms with van der Waals surface area (Å²) >= 11 is 0. The van der Waals surface area contributed by atoms with Crippen molar-refractivity contribution in [1.82, 2.24) is 10.3 Å². The van der Waals surface area contributed by atoms with E-state index < -0.39 is 42.5 Å². The lowest BCUT2D eigenvalue weighted by atomic mass is 9.92. The molecular formula is C9H17N3O8. The number of nitroso groups, excluding NO2 is 1. The number of nitrogens with zero attached hydrogens (tertiary/aromatic N) is 2. The van der Waals surface area contributed by atoms with Gasteiger partial charge in [-0.1, -0.05) is 0 Å². The molecule has 0 saturated carbocycles. The van der Waals surface area contributed by atoms with Crippen molar-refractivity contribution < 1.29 is 35.1 Å². The summed E-state index contributed by atoms with van der Waals surface area (Å²) in [5.74, 6) is -2.25. The van der Waals surface area contributed by atoms with E-state index in [0.29, 0.717) is 5.01 Å². The molecule has 11 heteroatoms. The van der Waals surface area contributed by atoms with Crippen molar-refractivity contribution in [2.24, 2.45) is 5.29 Å². The Morgan fingerprint density at radius 2 is 1.95 bits per heavy atom. The number of ether oxygens (including phenoxy) is 1. The number of hydrogen-bond acceptors (Lipinski definition) is 9. The fraction of sp³-hybridized carbons (Fsp3) is 0.889. The van der Waals surface area contributed by atoms with Gasteiger partial charge in [0.05, 0.1) is 5.29 Å². The Balaban J connectivity index is 2.79. The fourth-order valence-corrected chi connectivity index (χ4v) is 1.70. The number of rotatable bonds is 3. The van der Waals surface area contributed by atoms with Gasteiger partial charge < -0.3 is 35.6 Å². The summed E-state index contributed by atoms with van der Waals surface area (Å²) in [7, 11) is 1.02. The van der Waals surface area contributed by atoms with Crippen LogP contribution in [0.4, 0.5) is 4.79 Å². The molecule has 2 amide bonds. The van der Waals surface area contributed by atoms with Gasteiger partial charge in [0.2, 0.25) is 0 Å². The normalized spacial score (nSPS) is 39.0. The first-order chi connectivity index (χ1) is 9.11. The molecule has 1 saturated heterocycles. The number of carbonyl (C=O) groups is 1. The molecule has 6 N–H and O–H groups in total. The Morgan fingerprint density at radius 1 is 1.40 bits per heavy atom.